The highest BCUT2D eigenvalue weighted by molar-refractivity contribution is 9.09. The fourth-order valence-electron chi connectivity index (χ4n) is 2.52. The molecular weight excluding hydrogens is 262 g/mol. The summed E-state index contributed by atoms with van der Waals surface area (Å²) < 4.78 is 0. The lowest BCUT2D eigenvalue weighted by molar-refractivity contribution is 0.117. The van der Waals surface area contributed by atoms with Gasteiger partial charge in [-0.1, -0.05) is 50.0 Å². The minimum absolute atomic E-state index is 0.419. The molecule has 96 valence electrons. The molecular formula is C14H28BrN. The van der Waals surface area contributed by atoms with Gasteiger partial charge in [0.2, 0.25) is 0 Å². The zero-order chi connectivity index (χ0) is 12.2. The number of nitrogens with zero attached hydrogens (tertiary/aromatic N) is 1. The van der Waals surface area contributed by atoms with Crippen molar-refractivity contribution >= 4 is 15.9 Å². The predicted octanol–water partition coefficient (Wildman–Crippen LogP) is 4.17. The van der Waals surface area contributed by atoms with Crippen molar-refractivity contribution in [1.29, 1.82) is 0 Å². The predicted molar refractivity (Wildman–Crippen MR) is 76.2 cm³/mol. The number of piperidine rings is 1. The van der Waals surface area contributed by atoms with E-state index in [1.54, 1.807) is 0 Å². The van der Waals surface area contributed by atoms with E-state index in [4.69, 9.17) is 0 Å². The van der Waals surface area contributed by atoms with Crippen LogP contribution in [0.4, 0.5) is 0 Å². The van der Waals surface area contributed by atoms with Crippen LogP contribution in [0.25, 0.3) is 0 Å². The Morgan fingerprint density at radius 1 is 1.38 bits per heavy atom. The molecule has 1 saturated heterocycles. The first-order valence-corrected chi connectivity index (χ1v) is 7.87. The Balaban J connectivity index is 2.45. The monoisotopic (exact) mass is 289 g/mol. The third kappa shape index (κ3) is 4.37. The van der Waals surface area contributed by atoms with Gasteiger partial charge >= 0.3 is 0 Å². The average molecular weight is 290 g/mol. The standard InChI is InChI=1S/C14H28BrN/c1-5-12-7-6-8-16(10-12)11-13(9-15)14(2,3)4/h12-13H,5-11H2,1-4H3. The molecule has 0 aromatic heterocycles. The highest BCUT2D eigenvalue weighted by Crippen LogP contribution is 2.30. The Hall–Kier alpha value is 0.440. The quantitative estimate of drug-likeness (QED) is 0.703. The smallest absolute Gasteiger partial charge is 0.00768 e. The topological polar surface area (TPSA) is 3.24 Å². The van der Waals surface area contributed by atoms with Crippen LogP contribution in [0.3, 0.4) is 0 Å². The van der Waals surface area contributed by atoms with Crippen LogP contribution in [0.15, 0.2) is 0 Å². The first kappa shape index (κ1) is 14.5. The lowest BCUT2D eigenvalue weighted by Crippen LogP contribution is -2.41. The molecule has 0 saturated carbocycles. The largest absolute Gasteiger partial charge is 0.303 e. The minimum atomic E-state index is 0.419. The molecule has 0 spiro atoms. The molecule has 1 aliphatic rings. The fourth-order valence-corrected chi connectivity index (χ4v) is 3.69. The second kappa shape index (κ2) is 6.39. The van der Waals surface area contributed by atoms with Crippen LogP contribution in [-0.2, 0) is 0 Å². The normalized spacial score (nSPS) is 25.7. The SMILES string of the molecule is CCC1CCCN(CC(CBr)C(C)(C)C)C1. The molecule has 0 N–H and O–H groups in total. The highest BCUT2D eigenvalue weighted by Gasteiger charge is 2.27. The van der Waals surface area contributed by atoms with Gasteiger partial charge in [-0.25, -0.2) is 0 Å². The van der Waals surface area contributed by atoms with Gasteiger partial charge in [-0.15, -0.1) is 0 Å². The molecule has 2 heteroatoms. The summed E-state index contributed by atoms with van der Waals surface area (Å²) in [6.45, 7) is 13.3. The Morgan fingerprint density at radius 2 is 2.06 bits per heavy atom. The fraction of sp³-hybridized carbons (Fsp3) is 1.00. The van der Waals surface area contributed by atoms with Gasteiger partial charge in [0.05, 0.1) is 0 Å². The van der Waals surface area contributed by atoms with Crippen LogP contribution in [-0.4, -0.2) is 29.9 Å². The molecule has 0 aromatic carbocycles. The molecule has 0 aliphatic carbocycles. The summed E-state index contributed by atoms with van der Waals surface area (Å²) in [6, 6.07) is 0. The van der Waals surface area contributed by atoms with Crippen LogP contribution >= 0.6 is 15.9 Å². The van der Waals surface area contributed by atoms with Crippen molar-refractivity contribution in [1.82, 2.24) is 4.90 Å². The maximum Gasteiger partial charge on any atom is 0.00768 e. The number of hydrogen-bond acceptors (Lipinski definition) is 1. The van der Waals surface area contributed by atoms with Gasteiger partial charge in [-0.3, -0.25) is 0 Å². The summed E-state index contributed by atoms with van der Waals surface area (Å²) in [5.74, 6) is 1.72. The van der Waals surface area contributed by atoms with Gasteiger partial charge in [-0.05, 0) is 36.6 Å². The Bertz CT molecular complexity index is 197. The molecule has 1 heterocycles. The highest BCUT2D eigenvalue weighted by atomic mass is 79.9. The van der Waals surface area contributed by atoms with Crippen molar-refractivity contribution in [2.24, 2.45) is 17.3 Å². The summed E-state index contributed by atoms with van der Waals surface area (Å²) in [4.78, 5) is 2.69. The van der Waals surface area contributed by atoms with E-state index in [9.17, 15) is 0 Å². The maximum atomic E-state index is 3.68. The molecule has 0 bridgehead atoms. The summed E-state index contributed by atoms with van der Waals surface area (Å²) in [6.07, 6.45) is 4.20. The molecule has 1 rings (SSSR count). The molecule has 0 amide bonds. The molecule has 16 heavy (non-hydrogen) atoms. The maximum absolute atomic E-state index is 3.68. The van der Waals surface area contributed by atoms with E-state index in [2.05, 4.69) is 48.5 Å². The molecule has 0 aromatic rings. The zero-order valence-electron chi connectivity index (χ0n) is 11.4. The van der Waals surface area contributed by atoms with E-state index < -0.39 is 0 Å². The molecule has 1 aliphatic heterocycles. The van der Waals surface area contributed by atoms with Crippen LogP contribution < -0.4 is 0 Å². The minimum Gasteiger partial charge on any atom is -0.303 e. The Labute approximate surface area is 110 Å². The molecule has 0 radical (unpaired) electrons. The van der Waals surface area contributed by atoms with Crippen LogP contribution in [0.5, 0.6) is 0 Å². The van der Waals surface area contributed by atoms with E-state index in [-0.39, 0.29) is 0 Å². The lowest BCUT2D eigenvalue weighted by Gasteiger charge is -2.38. The molecule has 1 nitrogen and oxygen atoms in total. The summed E-state index contributed by atoms with van der Waals surface area (Å²) in [5, 5.41) is 1.13. The lowest BCUT2D eigenvalue weighted by atomic mass is 9.81. The number of hydrogen-bond donors (Lipinski definition) is 0. The van der Waals surface area contributed by atoms with Gasteiger partial charge in [0, 0.05) is 18.4 Å². The average Bonchev–Trinajstić information content (AvgIpc) is 2.24. The second-order valence-electron chi connectivity index (χ2n) is 6.39. The van der Waals surface area contributed by atoms with E-state index in [0.717, 1.165) is 17.2 Å². The van der Waals surface area contributed by atoms with Gasteiger partial charge in [0.1, 0.15) is 0 Å². The Morgan fingerprint density at radius 3 is 2.56 bits per heavy atom. The molecule has 2 atom stereocenters. The second-order valence-corrected chi connectivity index (χ2v) is 7.04. The number of likely N-dealkylation sites (tertiary alicyclic amines) is 1. The number of rotatable bonds is 4. The van der Waals surface area contributed by atoms with Crippen molar-refractivity contribution in [2.45, 2.75) is 47.0 Å². The van der Waals surface area contributed by atoms with Crippen molar-refractivity contribution in [3.05, 3.63) is 0 Å². The third-order valence-electron chi connectivity index (χ3n) is 4.07. The van der Waals surface area contributed by atoms with E-state index in [0.29, 0.717) is 5.41 Å². The van der Waals surface area contributed by atoms with Gasteiger partial charge in [-0.2, -0.15) is 0 Å². The first-order chi connectivity index (χ1) is 7.47. The van der Waals surface area contributed by atoms with E-state index in [1.807, 2.05) is 0 Å². The summed E-state index contributed by atoms with van der Waals surface area (Å²) in [5.41, 5.74) is 0.419. The van der Waals surface area contributed by atoms with Gasteiger partial charge in [0.25, 0.3) is 0 Å². The summed E-state index contributed by atoms with van der Waals surface area (Å²) in [7, 11) is 0. The van der Waals surface area contributed by atoms with Crippen molar-refractivity contribution < 1.29 is 0 Å². The number of halogens is 1. The van der Waals surface area contributed by atoms with Crippen molar-refractivity contribution in [2.75, 3.05) is 25.0 Å². The van der Waals surface area contributed by atoms with Crippen molar-refractivity contribution in [3.8, 4) is 0 Å². The zero-order valence-corrected chi connectivity index (χ0v) is 13.0. The van der Waals surface area contributed by atoms with Crippen LogP contribution in [0.1, 0.15) is 47.0 Å². The van der Waals surface area contributed by atoms with E-state index >= 15 is 0 Å². The van der Waals surface area contributed by atoms with Gasteiger partial charge in [0.15, 0.2) is 0 Å². The Kier molecular flexibility index (Phi) is 5.79. The third-order valence-corrected chi connectivity index (χ3v) is 4.85. The van der Waals surface area contributed by atoms with Gasteiger partial charge < -0.3 is 4.90 Å². The van der Waals surface area contributed by atoms with Crippen LogP contribution in [0.2, 0.25) is 0 Å². The van der Waals surface area contributed by atoms with Crippen LogP contribution in [0, 0.1) is 17.3 Å². The molecule has 1 fully saturated rings. The number of alkyl halides is 1. The first-order valence-electron chi connectivity index (χ1n) is 6.75. The van der Waals surface area contributed by atoms with Crippen molar-refractivity contribution in [3.63, 3.8) is 0 Å². The molecule has 2 unspecified atom stereocenters. The summed E-state index contributed by atoms with van der Waals surface area (Å²) >= 11 is 3.68. The van der Waals surface area contributed by atoms with E-state index in [1.165, 1.54) is 38.9 Å².